The van der Waals surface area contributed by atoms with Crippen LogP contribution in [-0.4, -0.2) is 23.1 Å². The molecular weight excluding hydrogens is 258 g/mol. The predicted octanol–water partition coefficient (Wildman–Crippen LogP) is 1.20. The first kappa shape index (κ1) is 16.0. The molecule has 0 fully saturated rings. The Bertz CT molecular complexity index is 474. The van der Waals surface area contributed by atoms with Gasteiger partial charge in [0.25, 0.3) is 0 Å². The highest BCUT2D eigenvalue weighted by atomic mass is 16.3. The predicted molar refractivity (Wildman–Crippen MR) is 77.0 cm³/mol. The maximum atomic E-state index is 12.1. The quantitative estimate of drug-likeness (QED) is 0.629. The Hall–Kier alpha value is -2.08. The van der Waals surface area contributed by atoms with E-state index >= 15 is 0 Å². The van der Waals surface area contributed by atoms with Crippen LogP contribution in [0.1, 0.15) is 25.8 Å². The number of hydrogen-bond acceptors (Lipinski definition) is 3. The molecule has 20 heavy (non-hydrogen) atoms. The molecule has 1 unspecified atom stereocenters. The third-order valence-corrected chi connectivity index (χ3v) is 2.72. The van der Waals surface area contributed by atoms with Gasteiger partial charge in [0.1, 0.15) is 6.04 Å². The molecule has 0 aliphatic heterocycles. The standard InChI is InChI=1S/C14H21N3O3/c1-9(2)6-12(17-14(15)20)13(19)16-11-5-3-4-10(7-11)8-18/h3-5,7,9,12,18H,6,8H2,1-2H3,(H,16,19)(H3,15,17,20). The van der Waals surface area contributed by atoms with Crippen LogP contribution in [0.4, 0.5) is 10.5 Å². The minimum Gasteiger partial charge on any atom is -0.392 e. The Morgan fingerprint density at radius 1 is 1.35 bits per heavy atom. The van der Waals surface area contributed by atoms with Crippen molar-refractivity contribution in [3.63, 3.8) is 0 Å². The van der Waals surface area contributed by atoms with E-state index in [-0.39, 0.29) is 18.4 Å². The lowest BCUT2D eigenvalue weighted by atomic mass is 10.0. The van der Waals surface area contributed by atoms with Crippen LogP contribution in [0, 0.1) is 5.92 Å². The number of urea groups is 1. The van der Waals surface area contributed by atoms with Crippen molar-refractivity contribution in [2.45, 2.75) is 32.9 Å². The number of carbonyl (C=O) groups is 2. The number of nitrogens with two attached hydrogens (primary N) is 1. The number of aliphatic hydroxyl groups excluding tert-OH is 1. The molecule has 0 heterocycles. The molecule has 1 aromatic carbocycles. The van der Waals surface area contributed by atoms with E-state index in [2.05, 4.69) is 10.6 Å². The van der Waals surface area contributed by atoms with Gasteiger partial charge in [0.15, 0.2) is 0 Å². The highest BCUT2D eigenvalue weighted by Gasteiger charge is 2.21. The van der Waals surface area contributed by atoms with Gasteiger partial charge in [0.2, 0.25) is 5.91 Å². The van der Waals surface area contributed by atoms with Gasteiger partial charge >= 0.3 is 6.03 Å². The zero-order chi connectivity index (χ0) is 15.1. The van der Waals surface area contributed by atoms with E-state index in [0.717, 1.165) is 0 Å². The number of amides is 3. The smallest absolute Gasteiger partial charge is 0.312 e. The minimum atomic E-state index is -0.727. The number of hydrogen-bond donors (Lipinski definition) is 4. The molecule has 6 nitrogen and oxygen atoms in total. The summed E-state index contributed by atoms with van der Waals surface area (Å²) in [4.78, 5) is 23.1. The van der Waals surface area contributed by atoms with Crippen LogP contribution < -0.4 is 16.4 Å². The normalized spacial score (nSPS) is 12.0. The van der Waals surface area contributed by atoms with Crippen LogP contribution in [0.15, 0.2) is 24.3 Å². The summed E-state index contributed by atoms with van der Waals surface area (Å²) in [5.41, 5.74) is 6.35. The summed E-state index contributed by atoms with van der Waals surface area (Å²) in [5.74, 6) is -0.0889. The molecule has 1 aromatic rings. The fraction of sp³-hybridized carbons (Fsp3) is 0.429. The second-order valence-corrected chi connectivity index (χ2v) is 5.04. The average Bonchev–Trinajstić information content (AvgIpc) is 2.37. The van der Waals surface area contributed by atoms with Crippen LogP contribution in [0.3, 0.4) is 0 Å². The molecule has 1 atom stereocenters. The maximum Gasteiger partial charge on any atom is 0.312 e. The van der Waals surface area contributed by atoms with Gasteiger partial charge in [-0.05, 0) is 30.0 Å². The maximum absolute atomic E-state index is 12.1. The van der Waals surface area contributed by atoms with Crippen molar-refractivity contribution in [1.82, 2.24) is 5.32 Å². The van der Waals surface area contributed by atoms with Crippen molar-refractivity contribution in [2.24, 2.45) is 11.7 Å². The van der Waals surface area contributed by atoms with E-state index in [9.17, 15) is 9.59 Å². The van der Waals surface area contributed by atoms with Crippen molar-refractivity contribution in [3.8, 4) is 0 Å². The fourth-order valence-corrected chi connectivity index (χ4v) is 1.85. The van der Waals surface area contributed by atoms with Crippen LogP contribution in [-0.2, 0) is 11.4 Å². The zero-order valence-electron chi connectivity index (χ0n) is 11.7. The Morgan fingerprint density at radius 3 is 2.60 bits per heavy atom. The molecule has 0 saturated heterocycles. The molecule has 5 N–H and O–H groups in total. The molecule has 0 saturated carbocycles. The highest BCUT2D eigenvalue weighted by molar-refractivity contribution is 5.96. The van der Waals surface area contributed by atoms with Gasteiger partial charge in [-0.15, -0.1) is 0 Å². The zero-order valence-corrected chi connectivity index (χ0v) is 11.7. The summed E-state index contributed by atoms with van der Waals surface area (Å²) in [6, 6.07) is 5.48. The third-order valence-electron chi connectivity index (χ3n) is 2.72. The minimum absolute atomic E-state index is 0.0985. The van der Waals surface area contributed by atoms with Crippen molar-refractivity contribution in [1.29, 1.82) is 0 Å². The summed E-state index contributed by atoms with van der Waals surface area (Å²) in [7, 11) is 0. The molecule has 3 amide bonds. The van der Waals surface area contributed by atoms with Gasteiger partial charge < -0.3 is 21.5 Å². The summed E-state index contributed by atoms with van der Waals surface area (Å²) >= 11 is 0. The van der Waals surface area contributed by atoms with Gasteiger partial charge in [-0.3, -0.25) is 4.79 Å². The SMILES string of the molecule is CC(C)CC(NC(N)=O)C(=O)Nc1cccc(CO)c1. The molecule has 0 aromatic heterocycles. The van der Waals surface area contributed by atoms with Crippen LogP contribution in [0.2, 0.25) is 0 Å². The Kier molecular flexibility index (Phi) is 5.99. The first-order valence-electron chi connectivity index (χ1n) is 6.49. The number of rotatable bonds is 6. The summed E-state index contributed by atoms with van der Waals surface area (Å²) in [6.45, 7) is 3.81. The number of carbonyl (C=O) groups excluding carboxylic acids is 2. The molecule has 6 heteroatoms. The number of aliphatic hydroxyl groups is 1. The number of anilines is 1. The van der Waals surface area contributed by atoms with Crippen LogP contribution in [0.5, 0.6) is 0 Å². The Morgan fingerprint density at radius 2 is 2.05 bits per heavy atom. The van der Waals surface area contributed by atoms with Crippen LogP contribution >= 0.6 is 0 Å². The molecule has 0 aliphatic rings. The van der Waals surface area contributed by atoms with Gasteiger partial charge in [-0.25, -0.2) is 4.79 Å². The van der Waals surface area contributed by atoms with Crippen molar-refractivity contribution in [2.75, 3.05) is 5.32 Å². The van der Waals surface area contributed by atoms with E-state index in [4.69, 9.17) is 10.8 Å². The van der Waals surface area contributed by atoms with Gasteiger partial charge in [-0.1, -0.05) is 26.0 Å². The second kappa shape index (κ2) is 7.49. The molecule has 0 spiro atoms. The summed E-state index contributed by atoms with van der Waals surface area (Å²) in [6.07, 6.45) is 0.495. The van der Waals surface area contributed by atoms with Crippen molar-refractivity contribution in [3.05, 3.63) is 29.8 Å². The van der Waals surface area contributed by atoms with Gasteiger partial charge in [0.05, 0.1) is 6.61 Å². The number of benzene rings is 1. The summed E-state index contributed by atoms with van der Waals surface area (Å²) < 4.78 is 0. The summed E-state index contributed by atoms with van der Waals surface area (Å²) in [5, 5.41) is 14.2. The molecule has 0 bridgehead atoms. The average molecular weight is 279 g/mol. The molecule has 0 radical (unpaired) electrons. The molecule has 0 aliphatic carbocycles. The van der Waals surface area contributed by atoms with Gasteiger partial charge in [-0.2, -0.15) is 0 Å². The van der Waals surface area contributed by atoms with Gasteiger partial charge in [0, 0.05) is 5.69 Å². The van der Waals surface area contributed by atoms with E-state index in [0.29, 0.717) is 17.7 Å². The second-order valence-electron chi connectivity index (χ2n) is 5.04. The molecular formula is C14H21N3O3. The van der Waals surface area contributed by atoms with Crippen LogP contribution in [0.25, 0.3) is 0 Å². The number of primary amides is 1. The molecule has 110 valence electrons. The lowest BCUT2D eigenvalue weighted by molar-refractivity contribution is -0.118. The molecule has 1 rings (SSSR count). The van der Waals surface area contributed by atoms with E-state index in [1.807, 2.05) is 13.8 Å². The van der Waals surface area contributed by atoms with E-state index in [1.165, 1.54) is 0 Å². The lowest BCUT2D eigenvalue weighted by Gasteiger charge is -2.19. The third kappa shape index (κ3) is 5.27. The van der Waals surface area contributed by atoms with E-state index in [1.54, 1.807) is 24.3 Å². The Balaban J connectivity index is 2.75. The van der Waals surface area contributed by atoms with E-state index < -0.39 is 12.1 Å². The fourth-order valence-electron chi connectivity index (χ4n) is 1.85. The largest absolute Gasteiger partial charge is 0.392 e. The highest BCUT2D eigenvalue weighted by Crippen LogP contribution is 2.12. The first-order chi connectivity index (χ1) is 9.42. The van der Waals surface area contributed by atoms with Crippen molar-refractivity contribution < 1.29 is 14.7 Å². The first-order valence-corrected chi connectivity index (χ1v) is 6.49. The van der Waals surface area contributed by atoms with Crippen molar-refractivity contribution >= 4 is 17.6 Å². The monoisotopic (exact) mass is 279 g/mol. The number of nitrogens with one attached hydrogen (secondary N) is 2. The topological polar surface area (TPSA) is 104 Å². The lowest BCUT2D eigenvalue weighted by Crippen LogP contribution is -2.46. The Labute approximate surface area is 118 Å².